The monoisotopic (exact) mass is 328 g/mol. The summed E-state index contributed by atoms with van der Waals surface area (Å²) in [4.78, 5) is 15.6. The van der Waals surface area contributed by atoms with Crippen molar-refractivity contribution in [2.75, 3.05) is 0 Å². The van der Waals surface area contributed by atoms with Gasteiger partial charge in [-0.1, -0.05) is 18.7 Å². The van der Waals surface area contributed by atoms with Crippen LogP contribution in [-0.4, -0.2) is 19.7 Å². The average molecular weight is 329 g/mol. The van der Waals surface area contributed by atoms with Crippen LogP contribution in [0, 0.1) is 0 Å². The van der Waals surface area contributed by atoms with Crippen molar-refractivity contribution < 1.29 is 0 Å². The summed E-state index contributed by atoms with van der Waals surface area (Å²) in [6.45, 7) is 2.72. The van der Waals surface area contributed by atoms with Crippen molar-refractivity contribution in [3.63, 3.8) is 0 Å². The van der Waals surface area contributed by atoms with Crippen LogP contribution in [0.25, 0.3) is 0 Å². The molecule has 18 heavy (non-hydrogen) atoms. The molecule has 0 radical (unpaired) electrons. The molecule has 0 spiro atoms. The summed E-state index contributed by atoms with van der Waals surface area (Å²) in [5, 5.41) is 7.23. The van der Waals surface area contributed by atoms with E-state index >= 15 is 0 Å². The van der Waals surface area contributed by atoms with Gasteiger partial charge in [0.25, 0.3) is 0 Å². The maximum Gasteiger partial charge on any atom is 0.343 e. The van der Waals surface area contributed by atoms with Crippen LogP contribution >= 0.6 is 27.7 Å². The minimum atomic E-state index is -0.147. The molecule has 0 saturated heterocycles. The summed E-state index contributed by atoms with van der Waals surface area (Å²) in [6.07, 6.45) is 4.47. The molecule has 0 fully saturated rings. The maximum atomic E-state index is 11.5. The van der Waals surface area contributed by atoms with Gasteiger partial charge >= 0.3 is 5.69 Å². The first kappa shape index (κ1) is 13.4. The van der Waals surface area contributed by atoms with Crippen LogP contribution in [0.4, 0.5) is 0 Å². The lowest BCUT2D eigenvalue weighted by molar-refractivity contribution is 0.604. The number of hydrogen-bond donors (Lipinski definition) is 1. The van der Waals surface area contributed by atoms with Gasteiger partial charge in [-0.25, -0.2) is 9.89 Å². The Kier molecular flexibility index (Phi) is 4.60. The minimum Gasteiger partial charge on any atom is -0.270 e. The first-order chi connectivity index (χ1) is 8.70. The van der Waals surface area contributed by atoms with Crippen LogP contribution < -0.4 is 5.69 Å². The van der Waals surface area contributed by atoms with Gasteiger partial charge in [0.05, 0.1) is 0 Å². The number of rotatable bonds is 5. The van der Waals surface area contributed by atoms with Gasteiger partial charge in [-0.3, -0.25) is 9.55 Å². The average Bonchev–Trinajstić information content (AvgIpc) is 2.69. The highest BCUT2D eigenvalue weighted by atomic mass is 79.9. The van der Waals surface area contributed by atoms with E-state index in [1.165, 1.54) is 11.8 Å². The lowest BCUT2D eigenvalue weighted by atomic mass is 10.3. The first-order valence-corrected chi connectivity index (χ1v) is 7.36. The molecule has 0 bridgehead atoms. The van der Waals surface area contributed by atoms with Crippen LogP contribution in [0.2, 0.25) is 0 Å². The largest absolute Gasteiger partial charge is 0.343 e. The van der Waals surface area contributed by atoms with Gasteiger partial charge in [0.15, 0.2) is 5.16 Å². The van der Waals surface area contributed by atoms with E-state index in [0.717, 1.165) is 27.4 Å². The van der Waals surface area contributed by atoms with Gasteiger partial charge < -0.3 is 0 Å². The number of hydrogen-bond acceptors (Lipinski definition) is 4. The summed E-state index contributed by atoms with van der Waals surface area (Å²) in [5.41, 5.74) is 0.944. The summed E-state index contributed by atoms with van der Waals surface area (Å²) >= 11 is 4.91. The number of aromatic amines is 1. The lowest BCUT2D eigenvalue weighted by Crippen LogP contribution is -2.17. The fourth-order valence-corrected chi connectivity index (χ4v) is 2.82. The van der Waals surface area contributed by atoms with Crippen molar-refractivity contribution >= 4 is 27.7 Å². The predicted molar refractivity (Wildman–Crippen MR) is 74.6 cm³/mol. The summed E-state index contributed by atoms with van der Waals surface area (Å²) < 4.78 is 2.62. The van der Waals surface area contributed by atoms with Crippen molar-refractivity contribution in [1.29, 1.82) is 0 Å². The van der Waals surface area contributed by atoms with Gasteiger partial charge in [0, 0.05) is 29.2 Å². The Labute approximate surface area is 117 Å². The molecule has 2 rings (SSSR count). The highest BCUT2D eigenvalue weighted by Gasteiger charge is 2.08. The summed E-state index contributed by atoms with van der Waals surface area (Å²) in [7, 11) is 0. The Balaban J connectivity index is 2.08. The van der Waals surface area contributed by atoms with Gasteiger partial charge in [-0.15, -0.1) is 5.10 Å². The highest BCUT2D eigenvalue weighted by Crippen LogP contribution is 2.21. The van der Waals surface area contributed by atoms with Crippen LogP contribution in [0.15, 0.2) is 32.9 Å². The summed E-state index contributed by atoms with van der Waals surface area (Å²) in [5.74, 6) is 0.737. The van der Waals surface area contributed by atoms with Gasteiger partial charge in [-0.05, 0) is 34.0 Å². The van der Waals surface area contributed by atoms with Crippen molar-refractivity contribution in [3.05, 3.63) is 39.0 Å². The zero-order valence-electron chi connectivity index (χ0n) is 9.89. The molecule has 0 atom stereocenters. The summed E-state index contributed by atoms with van der Waals surface area (Å²) in [6, 6.07) is 2.01. The smallest absolute Gasteiger partial charge is 0.270 e. The van der Waals surface area contributed by atoms with Crippen LogP contribution in [0.5, 0.6) is 0 Å². The molecular formula is C11H13BrN4OS. The Morgan fingerprint density at radius 3 is 3.06 bits per heavy atom. The topological polar surface area (TPSA) is 63.6 Å². The van der Waals surface area contributed by atoms with Gasteiger partial charge in [-0.2, -0.15) is 0 Å². The normalized spacial score (nSPS) is 10.8. The van der Waals surface area contributed by atoms with E-state index in [-0.39, 0.29) is 5.69 Å². The molecule has 7 heteroatoms. The number of aromatic nitrogens is 4. The fourth-order valence-electron chi connectivity index (χ4n) is 1.52. The highest BCUT2D eigenvalue weighted by molar-refractivity contribution is 9.10. The molecule has 5 nitrogen and oxygen atoms in total. The molecule has 0 aliphatic heterocycles. The maximum absolute atomic E-state index is 11.5. The number of nitrogens with zero attached hydrogens (tertiary/aromatic N) is 3. The number of H-pyrrole nitrogens is 1. The number of pyridine rings is 1. The second kappa shape index (κ2) is 6.19. The van der Waals surface area contributed by atoms with Crippen molar-refractivity contribution in [2.24, 2.45) is 0 Å². The molecule has 2 heterocycles. The van der Waals surface area contributed by atoms with Gasteiger partial charge in [0.2, 0.25) is 0 Å². The second-order valence-corrected chi connectivity index (χ2v) is 5.62. The SMILES string of the molecule is CCCn1c(SCc2cncc(Br)c2)n[nH]c1=O. The van der Waals surface area contributed by atoms with E-state index in [1.54, 1.807) is 10.8 Å². The van der Waals surface area contributed by atoms with E-state index in [4.69, 9.17) is 0 Å². The number of nitrogens with one attached hydrogen (secondary N) is 1. The predicted octanol–water partition coefficient (Wildman–Crippen LogP) is 2.43. The third-order valence-electron chi connectivity index (χ3n) is 2.30. The Hall–Kier alpha value is -1.08. The first-order valence-electron chi connectivity index (χ1n) is 5.58. The zero-order chi connectivity index (χ0) is 13.0. The van der Waals surface area contributed by atoms with Crippen molar-refractivity contribution in [1.82, 2.24) is 19.7 Å². The third-order valence-corrected chi connectivity index (χ3v) is 3.78. The lowest BCUT2D eigenvalue weighted by Gasteiger charge is -2.03. The number of thioether (sulfide) groups is 1. The van der Waals surface area contributed by atoms with Crippen molar-refractivity contribution in [3.8, 4) is 0 Å². The van der Waals surface area contributed by atoms with E-state index in [0.29, 0.717) is 6.54 Å². The van der Waals surface area contributed by atoms with E-state index in [1.807, 2.05) is 19.2 Å². The van der Waals surface area contributed by atoms with Crippen LogP contribution in [0.1, 0.15) is 18.9 Å². The molecule has 0 aliphatic carbocycles. The molecule has 2 aromatic heterocycles. The molecular weight excluding hydrogens is 316 g/mol. The zero-order valence-corrected chi connectivity index (χ0v) is 12.3. The Morgan fingerprint density at radius 1 is 1.50 bits per heavy atom. The van der Waals surface area contributed by atoms with E-state index in [9.17, 15) is 4.79 Å². The molecule has 0 amide bonds. The standard InChI is InChI=1S/C11H13BrN4OS/c1-2-3-16-10(17)14-15-11(16)18-7-8-4-9(12)6-13-5-8/h4-6H,2-3,7H2,1H3,(H,14,17). The third kappa shape index (κ3) is 3.23. The number of halogens is 1. The molecule has 0 aromatic carbocycles. The molecule has 0 unspecified atom stereocenters. The van der Waals surface area contributed by atoms with Crippen molar-refractivity contribution in [2.45, 2.75) is 30.8 Å². The molecule has 1 N–H and O–H groups in total. The quantitative estimate of drug-likeness (QED) is 0.856. The van der Waals surface area contributed by atoms with Gasteiger partial charge in [0.1, 0.15) is 0 Å². The Bertz CT molecular complexity index is 580. The molecule has 96 valence electrons. The second-order valence-electron chi connectivity index (χ2n) is 3.76. The fraction of sp³-hybridized carbons (Fsp3) is 0.364. The van der Waals surface area contributed by atoms with E-state index < -0.39 is 0 Å². The van der Waals surface area contributed by atoms with Crippen LogP contribution in [-0.2, 0) is 12.3 Å². The van der Waals surface area contributed by atoms with Crippen LogP contribution in [0.3, 0.4) is 0 Å². The Morgan fingerprint density at radius 2 is 2.33 bits per heavy atom. The molecule has 2 aromatic rings. The minimum absolute atomic E-state index is 0.147. The molecule has 0 saturated carbocycles. The molecule has 0 aliphatic rings. The van der Waals surface area contributed by atoms with E-state index in [2.05, 4.69) is 31.1 Å².